The first-order valence-corrected chi connectivity index (χ1v) is 11.7. The number of carbonyl (C=O) groups excluding carboxylic acids is 2. The summed E-state index contributed by atoms with van der Waals surface area (Å²) in [6.45, 7) is 6.23. The minimum Gasteiger partial charge on any atom is -0.472 e. The van der Waals surface area contributed by atoms with E-state index in [1.807, 2.05) is 51.1 Å². The average Bonchev–Trinajstić information content (AvgIpc) is 2.85. The van der Waals surface area contributed by atoms with Crippen molar-refractivity contribution >= 4 is 11.8 Å². The van der Waals surface area contributed by atoms with Crippen LogP contribution in [0.3, 0.4) is 0 Å². The highest BCUT2D eigenvalue weighted by Crippen LogP contribution is 2.27. The summed E-state index contributed by atoms with van der Waals surface area (Å²) in [6.07, 6.45) is 2.24. The Morgan fingerprint density at radius 1 is 1.35 bits per heavy atom. The van der Waals surface area contributed by atoms with Crippen LogP contribution < -0.4 is 4.74 Å². The van der Waals surface area contributed by atoms with Gasteiger partial charge in [0.25, 0.3) is 5.91 Å². The summed E-state index contributed by atoms with van der Waals surface area (Å²) in [7, 11) is 1.75. The molecular formula is C27H33N3O4. The van der Waals surface area contributed by atoms with E-state index in [9.17, 15) is 14.7 Å². The number of rotatable bonds is 6. The molecule has 0 saturated carbocycles. The van der Waals surface area contributed by atoms with Crippen LogP contribution in [-0.4, -0.2) is 70.6 Å². The van der Waals surface area contributed by atoms with E-state index < -0.39 is 0 Å². The lowest BCUT2D eigenvalue weighted by Gasteiger charge is -2.37. The number of aliphatic hydroxyl groups excluding tert-OH is 1. The Bertz CT molecular complexity index is 1060. The molecule has 2 aromatic rings. The highest BCUT2D eigenvalue weighted by atomic mass is 16.5. The molecule has 1 aliphatic heterocycles. The lowest BCUT2D eigenvalue weighted by molar-refractivity contribution is -0.131. The first-order valence-electron chi connectivity index (χ1n) is 11.7. The molecule has 7 heteroatoms. The molecule has 2 heterocycles. The maximum absolute atomic E-state index is 13.4. The van der Waals surface area contributed by atoms with Crippen molar-refractivity contribution in [2.24, 2.45) is 5.92 Å². The summed E-state index contributed by atoms with van der Waals surface area (Å²) in [4.78, 5) is 33.3. The van der Waals surface area contributed by atoms with Gasteiger partial charge in [-0.15, -0.1) is 0 Å². The Hall–Kier alpha value is -3.37. The van der Waals surface area contributed by atoms with Crippen LogP contribution in [-0.2, 0) is 11.2 Å². The van der Waals surface area contributed by atoms with Gasteiger partial charge in [0, 0.05) is 44.1 Å². The molecule has 7 nitrogen and oxygen atoms in total. The van der Waals surface area contributed by atoms with Crippen LogP contribution in [0.1, 0.15) is 48.7 Å². The first kappa shape index (κ1) is 25.3. The van der Waals surface area contributed by atoms with Crippen LogP contribution in [0.15, 0.2) is 42.6 Å². The SMILES string of the molecule is CCC(=O)N(C)C[C@H]1Oc2ncc(C#CCc3ccccc3)cc2C(=O)N([C@@H](C)CO)C[C@@H]1C. The molecule has 0 spiro atoms. The Kier molecular flexibility index (Phi) is 8.67. The molecule has 3 rings (SSSR count). The van der Waals surface area contributed by atoms with E-state index in [1.54, 1.807) is 29.1 Å². The van der Waals surface area contributed by atoms with Crippen molar-refractivity contribution in [1.29, 1.82) is 0 Å². The maximum Gasteiger partial charge on any atom is 0.259 e. The number of ether oxygens (including phenoxy) is 1. The van der Waals surface area contributed by atoms with Crippen molar-refractivity contribution in [2.75, 3.05) is 26.7 Å². The van der Waals surface area contributed by atoms with Crippen molar-refractivity contribution in [3.05, 3.63) is 59.3 Å². The molecular weight excluding hydrogens is 430 g/mol. The largest absolute Gasteiger partial charge is 0.472 e. The molecule has 0 fully saturated rings. The number of amides is 2. The summed E-state index contributed by atoms with van der Waals surface area (Å²) in [6, 6.07) is 11.3. The Labute approximate surface area is 201 Å². The quantitative estimate of drug-likeness (QED) is 0.666. The molecule has 34 heavy (non-hydrogen) atoms. The molecule has 1 aliphatic rings. The van der Waals surface area contributed by atoms with E-state index in [0.29, 0.717) is 37.1 Å². The molecule has 1 aromatic heterocycles. The minimum absolute atomic E-state index is 0.0201. The van der Waals surface area contributed by atoms with E-state index >= 15 is 0 Å². The molecule has 1 aromatic carbocycles. The van der Waals surface area contributed by atoms with Gasteiger partial charge in [-0.05, 0) is 18.6 Å². The third-order valence-corrected chi connectivity index (χ3v) is 6.07. The molecule has 2 amide bonds. The van der Waals surface area contributed by atoms with Crippen molar-refractivity contribution in [3.8, 4) is 17.7 Å². The summed E-state index contributed by atoms with van der Waals surface area (Å²) in [5, 5.41) is 9.78. The van der Waals surface area contributed by atoms with E-state index in [-0.39, 0.29) is 42.4 Å². The number of fused-ring (bicyclic) bond motifs is 1. The van der Waals surface area contributed by atoms with Gasteiger partial charge < -0.3 is 19.6 Å². The zero-order valence-corrected chi connectivity index (χ0v) is 20.3. The lowest BCUT2D eigenvalue weighted by Crippen LogP contribution is -2.50. The highest BCUT2D eigenvalue weighted by Gasteiger charge is 2.34. The van der Waals surface area contributed by atoms with Gasteiger partial charge in [0.05, 0.1) is 19.2 Å². The maximum atomic E-state index is 13.4. The zero-order valence-electron chi connectivity index (χ0n) is 20.3. The fraction of sp³-hybridized carbons (Fsp3) is 0.444. The zero-order chi connectivity index (χ0) is 24.7. The standard InChI is InChI=1S/C27H33N3O4/c1-5-25(32)29(4)17-24-19(2)16-30(20(3)18-31)27(33)23-14-22(15-28-26(23)34-24)13-9-12-21-10-7-6-8-11-21/h6-8,10-11,14-15,19-20,24,31H,5,12,16-18H2,1-4H3/t19-,20-,24+/m0/s1. The Balaban J connectivity index is 1.93. The van der Waals surface area contributed by atoms with Crippen LogP contribution in [0.25, 0.3) is 0 Å². The lowest BCUT2D eigenvalue weighted by atomic mass is 9.99. The number of benzene rings is 1. The monoisotopic (exact) mass is 463 g/mol. The van der Waals surface area contributed by atoms with E-state index in [0.717, 1.165) is 5.56 Å². The number of likely N-dealkylation sites (N-methyl/N-ethyl adjacent to an activating group) is 1. The number of aromatic nitrogens is 1. The average molecular weight is 464 g/mol. The summed E-state index contributed by atoms with van der Waals surface area (Å²) >= 11 is 0. The normalized spacial score (nSPS) is 18.5. The summed E-state index contributed by atoms with van der Waals surface area (Å²) < 4.78 is 6.21. The van der Waals surface area contributed by atoms with E-state index in [1.165, 1.54) is 0 Å². The predicted molar refractivity (Wildman–Crippen MR) is 130 cm³/mol. The molecule has 0 radical (unpaired) electrons. The van der Waals surface area contributed by atoms with Crippen molar-refractivity contribution < 1.29 is 19.4 Å². The topological polar surface area (TPSA) is 83.0 Å². The third-order valence-electron chi connectivity index (χ3n) is 6.07. The second kappa shape index (κ2) is 11.7. The van der Waals surface area contributed by atoms with Crippen LogP contribution >= 0.6 is 0 Å². The number of hydrogen-bond donors (Lipinski definition) is 1. The Morgan fingerprint density at radius 2 is 2.09 bits per heavy atom. The third kappa shape index (κ3) is 6.15. The fourth-order valence-corrected chi connectivity index (χ4v) is 3.87. The van der Waals surface area contributed by atoms with Crippen LogP contribution in [0.5, 0.6) is 5.88 Å². The van der Waals surface area contributed by atoms with Gasteiger partial charge in [-0.3, -0.25) is 9.59 Å². The number of aliphatic hydroxyl groups is 1. The van der Waals surface area contributed by atoms with Gasteiger partial charge in [-0.25, -0.2) is 4.98 Å². The van der Waals surface area contributed by atoms with Gasteiger partial charge in [0.1, 0.15) is 11.7 Å². The Morgan fingerprint density at radius 3 is 2.76 bits per heavy atom. The number of pyridine rings is 1. The van der Waals surface area contributed by atoms with E-state index in [4.69, 9.17) is 4.74 Å². The highest BCUT2D eigenvalue weighted by molar-refractivity contribution is 5.97. The van der Waals surface area contributed by atoms with Gasteiger partial charge >= 0.3 is 0 Å². The number of nitrogens with zero attached hydrogens (tertiary/aromatic N) is 3. The van der Waals surface area contributed by atoms with E-state index in [2.05, 4.69) is 16.8 Å². The summed E-state index contributed by atoms with van der Waals surface area (Å²) in [5.41, 5.74) is 2.04. The summed E-state index contributed by atoms with van der Waals surface area (Å²) in [5.74, 6) is 6.14. The molecule has 0 unspecified atom stereocenters. The van der Waals surface area contributed by atoms with Gasteiger partial charge in [0.15, 0.2) is 0 Å². The van der Waals surface area contributed by atoms with Crippen LogP contribution in [0.4, 0.5) is 0 Å². The molecule has 0 saturated heterocycles. The molecule has 3 atom stereocenters. The van der Waals surface area contributed by atoms with Gasteiger partial charge in [0.2, 0.25) is 11.8 Å². The second-order valence-electron chi connectivity index (χ2n) is 8.79. The van der Waals surface area contributed by atoms with Crippen LogP contribution in [0.2, 0.25) is 0 Å². The second-order valence-corrected chi connectivity index (χ2v) is 8.79. The fourth-order valence-electron chi connectivity index (χ4n) is 3.87. The smallest absolute Gasteiger partial charge is 0.259 e. The van der Waals surface area contributed by atoms with Gasteiger partial charge in [-0.2, -0.15) is 0 Å². The van der Waals surface area contributed by atoms with Crippen molar-refractivity contribution in [3.63, 3.8) is 0 Å². The number of hydrogen-bond acceptors (Lipinski definition) is 5. The molecule has 180 valence electrons. The van der Waals surface area contributed by atoms with Gasteiger partial charge in [-0.1, -0.05) is 56.0 Å². The van der Waals surface area contributed by atoms with Crippen molar-refractivity contribution in [2.45, 2.75) is 45.8 Å². The van der Waals surface area contributed by atoms with Crippen LogP contribution in [0, 0.1) is 17.8 Å². The minimum atomic E-state index is -0.371. The molecule has 1 N–H and O–H groups in total. The first-order chi connectivity index (χ1) is 16.3. The molecule has 0 bridgehead atoms. The molecule has 0 aliphatic carbocycles. The van der Waals surface area contributed by atoms with Crippen molar-refractivity contribution in [1.82, 2.24) is 14.8 Å². The number of carbonyl (C=O) groups is 2. The predicted octanol–water partition coefficient (Wildman–Crippen LogP) is 2.76.